The predicted octanol–water partition coefficient (Wildman–Crippen LogP) is 3.84. The molecule has 0 unspecified atom stereocenters. The lowest BCUT2D eigenvalue weighted by atomic mass is 9.83. The topological polar surface area (TPSA) is 58.6 Å². The second-order valence-electron chi connectivity index (χ2n) is 7.07. The summed E-state index contributed by atoms with van der Waals surface area (Å²) < 4.78 is 6.25. The number of nitrogens with one attached hydrogen (secondary N) is 1. The number of carbonyl (C=O) groups is 2. The maximum atomic E-state index is 12.8. The average Bonchev–Trinajstić information content (AvgIpc) is 2.69. The molecule has 1 aliphatic heterocycles. The van der Waals surface area contributed by atoms with Crippen molar-refractivity contribution in [3.8, 4) is 0 Å². The van der Waals surface area contributed by atoms with Crippen LogP contribution in [0.2, 0.25) is 0 Å². The molecule has 0 spiro atoms. The highest BCUT2D eigenvalue weighted by atomic mass is 79.9. The van der Waals surface area contributed by atoms with Crippen molar-refractivity contribution in [3.63, 3.8) is 0 Å². The van der Waals surface area contributed by atoms with Gasteiger partial charge in [0.15, 0.2) is 0 Å². The largest absolute Gasteiger partial charge is 0.378 e. The molecule has 1 heterocycles. The van der Waals surface area contributed by atoms with Crippen LogP contribution in [0.25, 0.3) is 0 Å². The Hall–Kier alpha value is -2.18. The Morgan fingerprint density at radius 3 is 2.19 bits per heavy atom. The maximum Gasteiger partial charge on any atom is 0.254 e. The van der Waals surface area contributed by atoms with Crippen molar-refractivity contribution < 1.29 is 14.3 Å². The third kappa shape index (κ3) is 4.57. The van der Waals surface area contributed by atoms with E-state index in [2.05, 4.69) is 21.2 Å². The normalized spacial score (nSPS) is 14.7. The molecule has 1 aliphatic rings. The number of amides is 2. The predicted molar refractivity (Wildman–Crippen MR) is 109 cm³/mol. The van der Waals surface area contributed by atoms with Gasteiger partial charge in [-0.3, -0.25) is 9.59 Å². The first-order valence-corrected chi connectivity index (χ1v) is 9.72. The number of ether oxygens (including phenoxy) is 1. The molecule has 0 atom stereocenters. The molecule has 3 rings (SSSR count). The van der Waals surface area contributed by atoms with Gasteiger partial charge in [0, 0.05) is 28.8 Å². The van der Waals surface area contributed by atoms with Crippen LogP contribution >= 0.6 is 15.9 Å². The smallest absolute Gasteiger partial charge is 0.254 e. The summed E-state index contributed by atoms with van der Waals surface area (Å²) in [7, 11) is 0. The van der Waals surface area contributed by atoms with E-state index >= 15 is 0 Å². The fourth-order valence-electron chi connectivity index (χ4n) is 2.93. The number of halogens is 1. The van der Waals surface area contributed by atoms with E-state index in [1.807, 2.05) is 38.1 Å². The van der Waals surface area contributed by atoms with Crippen LogP contribution in [0.15, 0.2) is 53.0 Å². The van der Waals surface area contributed by atoms with Gasteiger partial charge < -0.3 is 15.0 Å². The summed E-state index contributed by atoms with van der Waals surface area (Å²) in [4.78, 5) is 27.0. The zero-order chi connectivity index (χ0) is 19.4. The van der Waals surface area contributed by atoms with Crippen molar-refractivity contribution in [2.24, 2.45) is 0 Å². The monoisotopic (exact) mass is 430 g/mol. The Bertz CT molecular complexity index is 810. The summed E-state index contributed by atoms with van der Waals surface area (Å²) in [5, 5.41) is 2.95. The van der Waals surface area contributed by atoms with E-state index < -0.39 is 5.41 Å². The molecular formula is C21H23BrN2O3. The van der Waals surface area contributed by atoms with Crippen LogP contribution < -0.4 is 5.32 Å². The van der Waals surface area contributed by atoms with Crippen LogP contribution in [0, 0.1) is 0 Å². The Labute approximate surface area is 167 Å². The van der Waals surface area contributed by atoms with Gasteiger partial charge in [-0.25, -0.2) is 0 Å². The Morgan fingerprint density at radius 1 is 1.00 bits per heavy atom. The summed E-state index contributed by atoms with van der Waals surface area (Å²) in [5.74, 6) is -0.108. The highest BCUT2D eigenvalue weighted by Crippen LogP contribution is 2.26. The molecule has 1 fully saturated rings. The minimum Gasteiger partial charge on any atom is -0.378 e. The first kappa shape index (κ1) is 19.6. The zero-order valence-electron chi connectivity index (χ0n) is 15.5. The Balaban J connectivity index is 1.67. The highest BCUT2D eigenvalue weighted by molar-refractivity contribution is 9.10. The van der Waals surface area contributed by atoms with Gasteiger partial charge in [0.05, 0.1) is 18.6 Å². The van der Waals surface area contributed by atoms with Gasteiger partial charge in [0.2, 0.25) is 5.91 Å². The van der Waals surface area contributed by atoms with Crippen LogP contribution in [0.4, 0.5) is 5.69 Å². The number of anilines is 1. The minimum absolute atomic E-state index is 0.00799. The molecule has 2 aromatic carbocycles. The van der Waals surface area contributed by atoms with Gasteiger partial charge in [-0.1, -0.05) is 28.1 Å². The summed E-state index contributed by atoms with van der Waals surface area (Å²) in [6.45, 7) is 6.15. The fourth-order valence-corrected chi connectivity index (χ4v) is 3.19. The third-order valence-corrected chi connectivity index (χ3v) is 5.35. The van der Waals surface area contributed by atoms with Crippen LogP contribution in [-0.2, 0) is 14.9 Å². The molecule has 5 nitrogen and oxygen atoms in total. The summed E-state index contributed by atoms with van der Waals surface area (Å²) in [6.07, 6.45) is 0. The quantitative estimate of drug-likeness (QED) is 0.801. The summed E-state index contributed by atoms with van der Waals surface area (Å²) >= 11 is 3.41. The molecule has 27 heavy (non-hydrogen) atoms. The van der Waals surface area contributed by atoms with Crippen molar-refractivity contribution in [3.05, 3.63) is 64.1 Å². The minimum atomic E-state index is -0.678. The van der Waals surface area contributed by atoms with Gasteiger partial charge in [-0.15, -0.1) is 0 Å². The second-order valence-corrected chi connectivity index (χ2v) is 7.98. The zero-order valence-corrected chi connectivity index (χ0v) is 17.1. The SMILES string of the molecule is CC(C)(C(=O)Nc1ccc(C(=O)N2CCOCC2)cc1)c1ccc(Br)cc1. The van der Waals surface area contributed by atoms with Gasteiger partial charge in [0.1, 0.15) is 0 Å². The van der Waals surface area contributed by atoms with Gasteiger partial charge in [-0.2, -0.15) is 0 Å². The second kappa shape index (κ2) is 8.23. The van der Waals surface area contributed by atoms with E-state index in [9.17, 15) is 9.59 Å². The van der Waals surface area contributed by atoms with E-state index in [0.717, 1.165) is 10.0 Å². The molecule has 0 aromatic heterocycles. The number of nitrogens with zero attached hydrogens (tertiary/aromatic N) is 1. The van der Waals surface area contributed by atoms with Gasteiger partial charge in [-0.05, 0) is 55.8 Å². The number of hydrogen-bond donors (Lipinski definition) is 1. The Morgan fingerprint density at radius 2 is 1.59 bits per heavy atom. The average molecular weight is 431 g/mol. The first-order chi connectivity index (χ1) is 12.9. The number of carbonyl (C=O) groups excluding carboxylic acids is 2. The number of morpholine rings is 1. The Kier molecular flexibility index (Phi) is 5.97. The molecule has 142 valence electrons. The van der Waals surface area contributed by atoms with Gasteiger partial charge in [0.25, 0.3) is 5.91 Å². The molecule has 6 heteroatoms. The molecule has 0 radical (unpaired) electrons. The first-order valence-electron chi connectivity index (χ1n) is 8.92. The van der Waals surface area contributed by atoms with E-state index in [4.69, 9.17) is 4.74 Å². The molecule has 0 saturated carbocycles. The number of rotatable bonds is 4. The standard InChI is InChI=1S/C21H23BrN2O3/c1-21(2,16-5-7-17(22)8-6-16)20(26)23-18-9-3-15(4-10-18)19(25)24-11-13-27-14-12-24/h3-10H,11-14H2,1-2H3,(H,23,26). The lowest BCUT2D eigenvalue weighted by Gasteiger charge is -2.27. The van der Waals surface area contributed by atoms with Crippen LogP contribution in [-0.4, -0.2) is 43.0 Å². The molecule has 0 bridgehead atoms. The summed E-state index contributed by atoms with van der Waals surface area (Å²) in [5.41, 5.74) is 1.54. The van der Waals surface area contributed by atoms with Crippen LogP contribution in [0.1, 0.15) is 29.8 Å². The maximum absolute atomic E-state index is 12.8. The summed E-state index contributed by atoms with van der Waals surface area (Å²) in [6, 6.07) is 14.8. The number of hydrogen-bond acceptors (Lipinski definition) is 3. The van der Waals surface area contributed by atoms with E-state index in [1.165, 1.54) is 0 Å². The van der Waals surface area contributed by atoms with Crippen LogP contribution in [0.5, 0.6) is 0 Å². The molecule has 1 N–H and O–H groups in total. The lowest BCUT2D eigenvalue weighted by molar-refractivity contribution is -0.120. The van der Waals surface area contributed by atoms with E-state index in [-0.39, 0.29) is 11.8 Å². The van der Waals surface area contributed by atoms with Crippen LogP contribution in [0.3, 0.4) is 0 Å². The highest BCUT2D eigenvalue weighted by Gasteiger charge is 2.29. The molecule has 2 aromatic rings. The molecular weight excluding hydrogens is 408 g/mol. The third-order valence-electron chi connectivity index (χ3n) is 4.82. The van der Waals surface area contributed by atoms with Gasteiger partial charge >= 0.3 is 0 Å². The van der Waals surface area contributed by atoms with E-state index in [1.54, 1.807) is 29.2 Å². The van der Waals surface area contributed by atoms with Crippen molar-refractivity contribution in [2.75, 3.05) is 31.6 Å². The van der Waals surface area contributed by atoms with E-state index in [0.29, 0.717) is 37.6 Å². The molecule has 0 aliphatic carbocycles. The van der Waals surface area contributed by atoms with Crippen molar-refractivity contribution in [2.45, 2.75) is 19.3 Å². The fraction of sp³-hybridized carbons (Fsp3) is 0.333. The number of benzene rings is 2. The van der Waals surface area contributed by atoms with Crippen molar-refractivity contribution >= 4 is 33.4 Å². The molecule has 2 amide bonds. The van der Waals surface area contributed by atoms with Crippen molar-refractivity contribution in [1.82, 2.24) is 4.90 Å². The molecule has 1 saturated heterocycles. The van der Waals surface area contributed by atoms with Crippen molar-refractivity contribution in [1.29, 1.82) is 0 Å². The lowest BCUT2D eigenvalue weighted by Crippen LogP contribution is -2.40.